The SMILES string of the molecule is CCn1ncc2c(NC3CCOCC3)c(C[N+]3(C(C)(C)C)CCC(C(=O)[O-])CC3)c(C)nc21. The number of carboxylic acid groups (broad SMARTS) is 1. The average Bonchev–Trinajstić information content (AvgIpc) is 3.19. The Morgan fingerprint density at radius 2 is 1.91 bits per heavy atom. The summed E-state index contributed by atoms with van der Waals surface area (Å²) in [6.07, 6.45) is 5.23. The summed E-state index contributed by atoms with van der Waals surface area (Å²) in [7, 11) is 0. The summed E-state index contributed by atoms with van der Waals surface area (Å²) in [4.78, 5) is 16.5. The van der Waals surface area contributed by atoms with E-state index < -0.39 is 5.97 Å². The molecule has 4 rings (SSSR count). The highest BCUT2D eigenvalue weighted by Gasteiger charge is 2.44. The first kappa shape index (κ1) is 24.0. The van der Waals surface area contributed by atoms with Gasteiger partial charge in [-0.25, -0.2) is 9.67 Å². The van der Waals surface area contributed by atoms with E-state index in [9.17, 15) is 9.90 Å². The maximum absolute atomic E-state index is 11.5. The predicted molar refractivity (Wildman–Crippen MR) is 127 cm³/mol. The molecule has 0 bridgehead atoms. The summed E-state index contributed by atoms with van der Waals surface area (Å²) < 4.78 is 8.39. The fraction of sp³-hybridized carbons (Fsp3) is 0.720. The second-order valence-electron chi connectivity index (χ2n) is 10.8. The van der Waals surface area contributed by atoms with Crippen LogP contribution in [-0.2, 0) is 22.6 Å². The number of nitrogens with zero attached hydrogens (tertiary/aromatic N) is 4. The summed E-state index contributed by atoms with van der Waals surface area (Å²) in [6, 6.07) is 0.361. The number of carbonyl (C=O) groups is 1. The molecule has 2 fully saturated rings. The molecule has 0 saturated carbocycles. The van der Waals surface area contributed by atoms with Crippen molar-refractivity contribution in [2.75, 3.05) is 31.6 Å². The van der Waals surface area contributed by atoms with Crippen molar-refractivity contribution in [3.63, 3.8) is 0 Å². The van der Waals surface area contributed by atoms with Crippen molar-refractivity contribution in [2.24, 2.45) is 5.92 Å². The number of quaternary nitrogens is 1. The molecule has 0 radical (unpaired) electrons. The van der Waals surface area contributed by atoms with Crippen LogP contribution >= 0.6 is 0 Å². The number of likely N-dealkylation sites (tertiary alicyclic amines) is 1. The fourth-order valence-electron chi connectivity index (χ4n) is 5.55. The zero-order valence-corrected chi connectivity index (χ0v) is 20.8. The molecule has 0 atom stereocenters. The van der Waals surface area contributed by atoms with Crippen molar-refractivity contribution in [1.29, 1.82) is 0 Å². The monoisotopic (exact) mass is 457 g/mol. The largest absolute Gasteiger partial charge is 0.550 e. The zero-order chi connectivity index (χ0) is 23.8. The second kappa shape index (κ2) is 9.22. The standard InChI is InChI=1S/C25H39N5O3/c1-6-29-23-20(15-26-29)22(28-19-9-13-33-14-10-19)21(17(2)27-23)16-30(25(3,4)5)11-7-18(8-12-30)24(31)32/h15,18-19H,6-14,16H2,1-5H3,(H-,26,27,28,31,32). The number of carbonyl (C=O) groups excluding carboxylic acids is 1. The zero-order valence-electron chi connectivity index (χ0n) is 20.8. The summed E-state index contributed by atoms with van der Waals surface area (Å²) >= 11 is 0. The van der Waals surface area contributed by atoms with Crippen molar-refractivity contribution < 1.29 is 19.1 Å². The van der Waals surface area contributed by atoms with Crippen LogP contribution in [0, 0.1) is 12.8 Å². The predicted octanol–water partition coefficient (Wildman–Crippen LogP) is 2.63. The molecule has 33 heavy (non-hydrogen) atoms. The minimum absolute atomic E-state index is 0.0259. The number of piperidine rings is 1. The molecule has 2 aromatic heterocycles. The Hall–Kier alpha value is -2.19. The molecule has 2 saturated heterocycles. The van der Waals surface area contributed by atoms with Crippen molar-refractivity contribution >= 4 is 22.7 Å². The molecule has 2 aliphatic rings. The highest BCUT2D eigenvalue weighted by molar-refractivity contribution is 5.91. The highest BCUT2D eigenvalue weighted by atomic mass is 16.5. The molecule has 0 spiro atoms. The quantitative estimate of drug-likeness (QED) is 0.671. The van der Waals surface area contributed by atoms with Crippen LogP contribution in [0.3, 0.4) is 0 Å². The van der Waals surface area contributed by atoms with Crippen molar-refractivity contribution in [3.05, 3.63) is 17.5 Å². The van der Waals surface area contributed by atoms with E-state index in [-0.39, 0.29) is 11.5 Å². The van der Waals surface area contributed by atoms with Gasteiger partial charge in [0.1, 0.15) is 6.54 Å². The van der Waals surface area contributed by atoms with Crippen LogP contribution in [-0.4, -0.2) is 63.1 Å². The smallest absolute Gasteiger partial charge is 0.160 e. The van der Waals surface area contributed by atoms with Crippen LogP contribution in [0.2, 0.25) is 0 Å². The van der Waals surface area contributed by atoms with E-state index in [2.05, 4.69) is 45.0 Å². The number of aryl methyl sites for hydroxylation is 2. The second-order valence-corrected chi connectivity index (χ2v) is 10.8. The van der Waals surface area contributed by atoms with Crippen molar-refractivity contribution in [3.8, 4) is 0 Å². The average molecular weight is 458 g/mol. The molecular weight excluding hydrogens is 418 g/mol. The van der Waals surface area contributed by atoms with Gasteiger partial charge in [-0.15, -0.1) is 0 Å². The third-order valence-corrected chi connectivity index (χ3v) is 7.99. The number of nitrogens with one attached hydrogen (secondary N) is 1. The number of hydrogen-bond donors (Lipinski definition) is 1. The van der Waals surface area contributed by atoms with Gasteiger partial charge in [0.05, 0.1) is 47.2 Å². The van der Waals surface area contributed by atoms with E-state index in [1.54, 1.807) is 0 Å². The molecule has 4 heterocycles. The Kier molecular flexibility index (Phi) is 6.69. The minimum Gasteiger partial charge on any atom is -0.550 e. The van der Waals surface area contributed by atoms with Gasteiger partial charge in [0.25, 0.3) is 0 Å². The Morgan fingerprint density at radius 3 is 2.48 bits per heavy atom. The van der Waals surface area contributed by atoms with Gasteiger partial charge in [0.2, 0.25) is 0 Å². The molecule has 0 aliphatic carbocycles. The number of anilines is 1. The Balaban J connectivity index is 1.77. The molecular formula is C25H39N5O3. The fourth-order valence-corrected chi connectivity index (χ4v) is 5.55. The van der Waals surface area contributed by atoms with Gasteiger partial charge in [-0.1, -0.05) is 0 Å². The van der Waals surface area contributed by atoms with E-state index >= 15 is 0 Å². The van der Waals surface area contributed by atoms with E-state index in [0.29, 0.717) is 18.9 Å². The van der Waals surface area contributed by atoms with E-state index in [0.717, 1.165) is 79.1 Å². The lowest BCUT2D eigenvalue weighted by Gasteiger charge is -2.52. The lowest BCUT2D eigenvalue weighted by atomic mass is 9.88. The van der Waals surface area contributed by atoms with Crippen LogP contribution < -0.4 is 10.4 Å². The molecule has 2 aromatic rings. The number of ether oxygens (including phenoxy) is 1. The number of pyridine rings is 1. The summed E-state index contributed by atoms with van der Waals surface area (Å²) in [5.74, 6) is -1.25. The van der Waals surface area contributed by atoms with Crippen molar-refractivity contribution in [2.45, 2.75) is 85.0 Å². The Morgan fingerprint density at radius 1 is 1.24 bits per heavy atom. The van der Waals surface area contributed by atoms with Gasteiger partial charge in [0, 0.05) is 50.5 Å². The van der Waals surface area contributed by atoms with E-state index in [1.165, 1.54) is 5.56 Å². The van der Waals surface area contributed by atoms with Crippen LogP contribution in [0.4, 0.5) is 5.69 Å². The Labute approximate surface area is 196 Å². The first-order valence-corrected chi connectivity index (χ1v) is 12.4. The summed E-state index contributed by atoms with van der Waals surface area (Å²) in [5.41, 5.74) is 4.30. The lowest BCUT2D eigenvalue weighted by molar-refractivity contribution is -0.987. The van der Waals surface area contributed by atoms with Crippen LogP contribution in [0.1, 0.15) is 64.6 Å². The molecule has 0 unspecified atom stereocenters. The van der Waals surface area contributed by atoms with E-state index in [1.807, 2.05) is 10.9 Å². The maximum atomic E-state index is 11.5. The maximum Gasteiger partial charge on any atom is 0.160 e. The van der Waals surface area contributed by atoms with Gasteiger partial charge in [-0.05, 0) is 47.5 Å². The lowest BCUT2D eigenvalue weighted by Crippen LogP contribution is -2.63. The van der Waals surface area contributed by atoms with Crippen LogP contribution in [0.15, 0.2) is 6.20 Å². The molecule has 8 heteroatoms. The van der Waals surface area contributed by atoms with Crippen molar-refractivity contribution in [1.82, 2.24) is 14.8 Å². The molecule has 2 aliphatic heterocycles. The normalized spacial score (nSPS) is 24.8. The molecule has 0 amide bonds. The summed E-state index contributed by atoms with van der Waals surface area (Å²) in [6.45, 7) is 15.8. The van der Waals surface area contributed by atoms with Crippen LogP contribution in [0.5, 0.6) is 0 Å². The summed E-state index contributed by atoms with van der Waals surface area (Å²) in [5, 5.41) is 21.1. The number of aromatic nitrogens is 3. The number of rotatable bonds is 6. The number of hydrogen-bond acceptors (Lipinski definition) is 6. The Bertz CT molecular complexity index is 996. The van der Waals surface area contributed by atoms with Gasteiger partial charge in [-0.3, -0.25) is 0 Å². The molecule has 0 aromatic carbocycles. The number of fused-ring (bicyclic) bond motifs is 1. The van der Waals surface area contributed by atoms with E-state index in [4.69, 9.17) is 9.72 Å². The van der Waals surface area contributed by atoms with Crippen LogP contribution in [0.25, 0.3) is 11.0 Å². The first-order chi connectivity index (χ1) is 15.6. The molecule has 8 nitrogen and oxygen atoms in total. The minimum atomic E-state index is -0.908. The van der Waals surface area contributed by atoms with Gasteiger partial charge >= 0.3 is 0 Å². The van der Waals surface area contributed by atoms with Gasteiger partial charge in [-0.2, -0.15) is 5.10 Å². The topological polar surface area (TPSA) is 92.1 Å². The highest BCUT2D eigenvalue weighted by Crippen LogP contribution is 2.39. The first-order valence-electron chi connectivity index (χ1n) is 12.4. The van der Waals surface area contributed by atoms with Gasteiger partial charge in [0.15, 0.2) is 5.65 Å². The number of carboxylic acids is 1. The third kappa shape index (κ3) is 4.60. The third-order valence-electron chi connectivity index (χ3n) is 7.99. The molecule has 182 valence electrons. The van der Waals surface area contributed by atoms with Gasteiger partial charge < -0.3 is 24.4 Å². The number of aliphatic carboxylic acids is 1. The molecule has 1 N–H and O–H groups in total.